The lowest BCUT2D eigenvalue weighted by Crippen LogP contribution is -2.43. The molecule has 0 aliphatic heterocycles. The van der Waals surface area contributed by atoms with E-state index in [0.717, 1.165) is 25.7 Å². The molecule has 0 aliphatic carbocycles. The first-order chi connectivity index (χ1) is 6.44. The van der Waals surface area contributed by atoms with E-state index in [9.17, 15) is 9.90 Å². The molecule has 0 rings (SSSR count). The fourth-order valence-electron chi connectivity index (χ4n) is 1.59. The number of carboxylic acids is 1. The van der Waals surface area contributed by atoms with Gasteiger partial charge in [0.15, 0.2) is 0 Å². The molecule has 0 amide bonds. The monoisotopic (exact) mass is 217 g/mol. The minimum absolute atomic E-state index is 0.454. The van der Waals surface area contributed by atoms with Gasteiger partial charge in [-0.25, -0.2) is 0 Å². The number of hydrogen-bond donors (Lipinski definition) is 1. The molecule has 2 unspecified atom stereocenters. The Balaban J connectivity index is 4.09. The van der Waals surface area contributed by atoms with Gasteiger partial charge in [0.1, 0.15) is 0 Å². The zero-order valence-electron chi connectivity index (χ0n) is 9.38. The van der Waals surface area contributed by atoms with Crippen LogP contribution >= 0.6 is 12.6 Å². The first kappa shape index (κ1) is 13.8. The summed E-state index contributed by atoms with van der Waals surface area (Å²) in [7, 11) is 0. The summed E-state index contributed by atoms with van der Waals surface area (Å²) in [5, 5.41) is 10.8. The lowest BCUT2D eigenvalue weighted by Gasteiger charge is -2.29. The molecule has 0 bridgehead atoms. The molecular formula is C11H21O2S-. The summed E-state index contributed by atoms with van der Waals surface area (Å²) in [4.78, 5) is 10.8. The number of rotatable bonds is 7. The molecule has 0 radical (unpaired) electrons. The topological polar surface area (TPSA) is 40.1 Å². The number of thiol groups is 1. The molecule has 0 fully saturated rings. The molecule has 2 atom stereocenters. The van der Waals surface area contributed by atoms with Gasteiger partial charge in [0.25, 0.3) is 0 Å². The third-order valence-corrected chi connectivity index (χ3v) is 3.03. The van der Waals surface area contributed by atoms with Gasteiger partial charge in [-0.15, -0.1) is 0 Å². The van der Waals surface area contributed by atoms with Gasteiger partial charge in [-0.05, 0) is 19.3 Å². The number of carbonyl (C=O) groups is 1. The molecule has 0 saturated carbocycles. The van der Waals surface area contributed by atoms with Gasteiger partial charge in [-0.3, -0.25) is 0 Å². The van der Waals surface area contributed by atoms with Crippen molar-refractivity contribution in [1.82, 2.24) is 0 Å². The van der Waals surface area contributed by atoms with Crippen LogP contribution in [-0.4, -0.2) is 10.7 Å². The van der Waals surface area contributed by atoms with Crippen LogP contribution in [0.3, 0.4) is 0 Å². The molecular weight excluding hydrogens is 196 g/mol. The second kappa shape index (κ2) is 6.33. The van der Waals surface area contributed by atoms with E-state index in [0.29, 0.717) is 12.3 Å². The van der Waals surface area contributed by atoms with Crippen LogP contribution in [0.5, 0.6) is 0 Å². The number of aliphatic carboxylic acids is 1. The summed E-state index contributed by atoms with van der Waals surface area (Å²) in [5.74, 6) is -0.605. The quantitative estimate of drug-likeness (QED) is 0.663. The summed E-state index contributed by atoms with van der Waals surface area (Å²) in [5.41, 5.74) is 0. The lowest BCUT2D eigenvalue weighted by atomic mass is 9.89. The van der Waals surface area contributed by atoms with Crippen LogP contribution in [0.4, 0.5) is 0 Å². The molecule has 0 aliphatic rings. The van der Waals surface area contributed by atoms with Gasteiger partial charge >= 0.3 is 0 Å². The second-order valence-corrected chi connectivity index (χ2v) is 5.17. The maximum atomic E-state index is 10.8. The largest absolute Gasteiger partial charge is 0.549 e. The van der Waals surface area contributed by atoms with E-state index in [1.54, 1.807) is 6.92 Å². The van der Waals surface area contributed by atoms with Gasteiger partial charge in [-0.1, -0.05) is 39.5 Å². The molecule has 84 valence electrons. The van der Waals surface area contributed by atoms with Crippen molar-refractivity contribution in [3.05, 3.63) is 0 Å². The zero-order chi connectivity index (χ0) is 11.2. The van der Waals surface area contributed by atoms with Crippen LogP contribution in [0, 0.1) is 5.92 Å². The van der Waals surface area contributed by atoms with E-state index in [-0.39, 0.29) is 0 Å². The van der Waals surface area contributed by atoms with E-state index in [1.807, 2.05) is 0 Å². The van der Waals surface area contributed by atoms with Gasteiger partial charge in [0, 0.05) is 4.75 Å². The molecule has 14 heavy (non-hydrogen) atoms. The highest BCUT2D eigenvalue weighted by molar-refractivity contribution is 7.82. The molecule has 0 saturated heterocycles. The van der Waals surface area contributed by atoms with Crippen LogP contribution in [0.25, 0.3) is 0 Å². The summed E-state index contributed by atoms with van der Waals surface area (Å²) < 4.78 is -0.978. The van der Waals surface area contributed by atoms with Gasteiger partial charge in [0.2, 0.25) is 0 Å². The SMILES string of the molecule is CCCCC(CC)CC(C)(S)C(=O)[O-]. The Morgan fingerprint density at radius 3 is 2.43 bits per heavy atom. The Morgan fingerprint density at radius 1 is 1.50 bits per heavy atom. The highest BCUT2D eigenvalue weighted by Gasteiger charge is 2.24. The first-order valence-electron chi connectivity index (χ1n) is 5.37. The Labute approximate surface area is 92.5 Å². The average Bonchev–Trinajstić information content (AvgIpc) is 2.11. The smallest absolute Gasteiger partial charge is 0.0570 e. The Hall–Kier alpha value is -0.180. The van der Waals surface area contributed by atoms with Crippen molar-refractivity contribution < 1.29 is 9.90 Å². The van der Waals surface area contributed by atoms with Crippen molar-refractivity contribution >= 4 is 18.6 Å². The standard InChI is InChI=1S/C11H22O2S/c1-4-6-7-9(5-2)8-11(3,14)10(12)13/h9,14H,4-8H2,1-3H3,(H,12,13)/p-1. The van der Waals surface area contributed by atoms with Crippen molar-refractivity contribution in [2.45, 2.75) is 57.6 Å². The summed E-state index contributed by atoms with van der Waals surface area (Å²) in [6.45, 7) is 5.87. The molecule has 0 aromatic rings. The zero-order valence-corrected chi connectivity index (χ0v) is 10.3. The lowest BCUT2D eigenvalue weighted by molar-refractivity contribution is -0.309. The highest BCUT2D eigenvalue weighted by Crippen LogP contribution is 2.28. The maximum absolute atomic E-state index is 10.8. The van der Waals surface area contributed by atoms with Crippen molar-refractivity contribution in [3.8, 4) is 0 Å². The predicted molar refractivity (Wildman–Crippen MR) is 60.3 cm³/mol. The summed E-state index contributed by atoms with van der Waals surface area (Å²) in [6.07, 6.45) is 5.04. The molecule has 0 N–H and O–H groups in total. The van der Waals surface area contributed by atoms with Crippen LogP contribution in [0.15, 0.2) is 0 Å². The Morgan fingerprint density at radius 2 is 2.07 bits per heavy atom. The molecule has 0 aromatic heterocycles. The van der Waals surface area contributed by atoms with Crippen LogP contribution < -0.4 is 5.11 Å². The van der Waals surface area contributed by atoms with Gasteiger partial charge in [0.05, 0.1) is 5.97 Å². The molecule has 2 nitrogen and oxygen atoms in total. The minimum Gasteiger partial charge on any atom is -0.549 e. The van der Waals surface area contributed by atoms with Crippen molar-refractivity contribution in [2.75, 3.05) is 0 Å². The van der Waals surface area contributed by atoms with Crippen LogP contribution in [0.2, 0.25) is 0 Å². The van der Waals surface area contributed by atoms with Gasteiger partial charge in [-0.2, -0.15) is 12.6 Å². The first-order valence-corrected chi connectivity index (χ1v) is 5.82. The number of carbonyl (C=O) groups excluding carboxylic acids is 1. The molecule has 0 aromatic carbocycles. The molecule has 3 heteroatoms. The maximum Gasteiger partial charge on any atom is 0.0570 e. The average molecular weight is 217 g/mol. The number of carboxylic acid groups (broad SMARTS) is 1. The van der Waals surface area contributed by atoms with Crippen LogP contribution in [0.1, 0.15) is 52.9 Å². The molecule has 0 heterocycles. The number of unbranched alkanes of at least 4 members (excludes halogenated alkanes) is 1. The summed E-state index contributed by atoms with van der Waals surface area (Å²) in [6, 6.07) is 0. The fourth-order valence-corrected chi connectivity index (χ4v) is 1.85. The third-order valence-electron chi connectivity index (χ3n) is 2.67. The van der Waals surface area contributed by atoms with E-state index in [4.69, 9.17) is 0 Å². The minimum atomic E-state index is -1.06. The predicted octanol–water partition coefficient (Wildman–Crippen LogP) is 2.03. The third kappa shape index (κ3) is 4.89. The number of hydrogen-bond acceptors (Lipinski definition) is 3. The highest BCUT2D eigenvalue weighted by atomic mass is 32.1. The van der Waals surface area contributed by atoms with E-state index >= 15 is 0 Å². The van der Waals surface area contributed by atoms with E-state index < -0.39 is 10.7 Å². The van der Waals surface area contributed by atoms with Gasteiger partial charge < -0.3 is 9.90 Å². The Kier molecular flexibility index (Phi) is 6.25. The van der Waals surface area contributed by atoms with E-state index in [1.165, 1.54) is 0 Å². The van der Waals surface area contributed by atoms with E-state index in [2.05, 4.69) is 26.5 Å². The van der Waals surface area contributed by atoms with Crippen molar-refractivity contribution in [1.29, 1.82) is 0 Å². The van der Waals surface area contributed by atoms with Crippen LogP contribution in [-0.2, 0) is 4.79 Å². The summed E-state index contributed by atoms with van der Waals surface area (Å²) >= 11 is 4.13. The molecule has 0 spiro atoms. The van der Waals surface area contributed by atoms with Crippen molar-refractivity contribution in [3.63, 3.8) is 0 Å². The fraction of sp³-hybridized carbons (Fsp3) is 0.909. The van der Waals surface area contributed by atoms with Crippen molar-refractivity contribution in [2.24, 2.45) is 5.92 Å². The second-order valence-electron chi connectivity index (χ2n) is 4.18. The normalized spacial score (nSPS) is 17.4. The Bertz CT molecular complexity index is 178.